The van der Waals surface area contributed by atoms with Crippen LogP contribution in [0.2, 0.25) is 0 Å². The van der Waals surface area contributed by atoms with Crippen LogP contribution in [-0.2, 0) is 10.8 Å². The van der Waals surface area contributed by atoms with Gasteiger partial charge in [-0.05, 0) is 34.1 Å². The van der Waals surface area contributed by atoms with Crippen LogP contribution in [0.1, 0.15) is 63.0 Å². The number of hydrogen-bond acceptors (Lipinski definition) is 4. The molecule has 0 atom stereocenters. The molecule has 1 rings (SSSR count). The molecule has 0 unspecified atom stereocenters. The normalized spacial score (nSPS) is 13.4. The molecule has 0 aliphatic carbocycles. The summed E-state index contributed by atoms with van der Waals surface area (Å²) >= 11 is 0. The van der Waals surface area contributed by atoms with Crippen molar-refractivity contribution in [1.29, 1.82) is 0 Å². The van der Waals surface area contributed by atoms with Crippen LogP contribution in [0, 0.1) is 0 Å². The minimum atomic E-state index is -4.51. The summed E-state index contributed by atoms with van der Waals surface area (Å²) in [6, 6.07) is 5.26. The Hall–Kier alpha value is -0.800. The lowest BCUT2D eigenvalue weighted by molar-refractivity contribution is 0.102. The van der Waals surface area contributed by atoms with E-state index >= 15 is 0 Å². The van der Waals surface area contributed by atoms with Crippen LogP contribution in [0.25, 0.3) is 0 Å². The average molecular weight is 299 g/mol. The number of rotatable bonds is 2. The van der Waals surface area contributed by atoms with Gasteiger partial charge in [0.05, 0.1) is 5.56 Å². The molecular weight excluding hydrogens is 275 g/mol. The predicted octanol–water partition coefficient (Wildman–Crippen LogP) is 3.16. The van der Waals surface area contributed by atoms with Crippen molar-refractivity contribution in [3.05, 3.63) is 34.9 Å². The maximum atomic E-state index is 11.9. The summed E-state index contributed by atoms with van der Waals surface area (Å²) < 4.78 is 0. The van der Waals surface area contributed by atoms with Crippen LogP contribution in [0.4, 0.5) is 0 Å². The molecule has 112 valence electrons. The summed E-state index contributed by atoms with van der Waals surface area (Å²) in [5.74, 6) is 0. The fourth-order valence-electron chi connectivity index (χ4n) is 1.79. The van der Waals surface area contributed by atoms with Crippen LogP contribution in [0.3, 0.4) is 0 Å². The highest BCUT2D eigenvalue weighted by atomic mass is 31.2. The molecule has 3 N–H and O–H groups in total. The molecule has 1 aromatic carbocycles. The van der Waals surface area contributed by atoms with Crippen molar-refractivity contribution >= 4 is 13.5 Å². The Kier molecular flexibility index (Phi) is 4.48. The first kappa shape index (κ1) is 17.3. The van der Waals surface area contributed by atoms with E-state index in [2.05, 4.69) is 0 Å². The highest BCUT2D eigenvalue weighted by molar-refractivity contribution is 7.76. The third kappa shape index (κ3) is 4.10. The molecule has 4 nitrogen and oxygen atoms in total. The van der Waals surface area contributed by atoms with Crippen molar-refractivity contribution < 1.29 is 19.5 Å². The molecule has 0 bridgehead atoms. The van der Waals surface area contributed by atoms with E-state index in [1.807, 2.05) is 47.6 Å². The van der Waals surface area contributed by atoms with Crippen molar-refractivity contribution in [2.75, 3.05) is 0 Å². The zero-order valence-corrected chi connectivity index (χ0v) is 13.8. The molecule has 0 amide bonds. The number of hydrogen-bond donors (Lipinski definition) is 3. The predicted molar refractivity (Wildman–Crippen MR) is 81.7 cm³/mol. The molecule has 5 heteroatoms. The SMILES string of the molecule is CC(C)(C)c1cc(C(=O)[P+](O)(O)O)cc(C(C)(C)C)c1. The minimum Gasteiger partial charge on any atom is -0.238 e. The molecule has 0 aromatic heterocycles. The van der Waals surface area contributed by atoms with E-state index in [1.165, 1.54) is 0 Å². The Morgan fingerprint density at radius 1 is 0.850 bits per heavy atom. The van der Waals surface area contributed by atoms with Gasteiger partial charge in [0, 0.05) is 0 Å². The van der Waals surface area contributed by atoms with Crippen LogP contribution in [-0.4, -0.2) is 20.2 Å². The maximum Gasteiger partial charge on any atom is 0.483 e. The van der Waals surface area contributed by atoms with E-state index in [1.54, 1.807) is 12.1 Å². The first-order chi connectivity index (χ1) is 8.73. The fraction of sp³-hybridized carbons (Fsp3) is 0.533. The first-order valence-electron chi connectivity index (χ1n) is 6.51. The van der Waals surface area contributed by atoms with E-state index in [0.29, 0.717) is 0 Å². The maximum absolute atomic E-state index is 11.9. The zero-order chi connectivity index (χ0) is 15.9. The van der Waals surface area contributed by atoms with Gasteiger partial charge in [-0.2, -0.15) is 14.7 Å². The lowest BCUT2D eigenvalue weighted by Gasteiger charge is -2.25. The molecule has 0 radical (unpaired) electrons. The van der Waals surface area contributed by atoms with Crippen LogP contribution >= 0.6 is 7.94 Å². The smallest absolute Gasteiger partial charge is 0.238 e. The monoisotopic (exact) mass is 299 g/mol. The van der Waals surface area contributed by atoms with Crippen molar-refractivity contribution in [3.63, 3.8) is 0 Å². The molecular formula is C15H24O4P+. The van der Waals surface area contributed by atoms with E-state index in [0.717, 1.165) is 11.1 Å². The van der Waals surface area contributed by atoms with Gasteiger partial charge in [0.2, 0.25) is 0 Å². The Morgan fingerprint density at radius 3 is 1.45 bits per heavy atom. The van der Waals surface area contributed by atoms with Gasteiger partial charge in [0.15, 0.2) is 0 Å². The summed E-state index contributed by atoms with van der Waals surface area (Å²) in [5.41, 5.74) is 0.607. The molecule has 0 fully saturated rings. The molecule has 20 heavy (non-hydrogen) atoms. The van der Waals surface area contributed by atoms with Crippen molar-refractivity contribution in [2.24, 2.45) is 0 Å². The van der Waals surface area contributed by atoms with Gasteiger partial charge in [0.1, 0.15) is 0 Å². The van der Waals surface area contributed by atoms with Gasteiger partial charge in [-0.1, -0.05) is 47.6 Å². The Morgan fingerprint density at radius 2 is 1.20 bits per heavy atom. The third-order valence-electron chi connectivity index (χ3n) is 3.18. The minimum absolute atomic E-state index is 0.142. The van der Waals surface area contributed by atoms with Crippen LogP contribution in [0.15, 0.2) is 18.2 Å². The summed E-state index contributed by atoms with van der Waals surface area (Å²) in [6.45, 7) is 12.1. The molecule has 0 spiro atoms. The van der Waals surface area contributed by atoms with Crippen molar-refractivity contribution in [3.8, 4) is 0 Å². The highest BCUT2D eigenvalue weighted by Crippen LogP contribution is 2.48. The summed E-state index contributed by atoms with van der Waals surface area (Å²) in [5, 5.41) is 0. The van der Waals surface area contributed by atoms with E-state index in [9.17, 15) is 19.5 Å². The van der Waals surface area contributed by atoms with E-state index in [4.69, 9.17) is 0 Å². The number of carbonyl (C=O) groups is 1. The Bertz CT molecular complexity index is 484. The fourth-order valence-corrected chi connectivity index (χ4v) is 2.27. The molecule has 0 heterocycles. The standard InChI is InChI=1S/C15H24O4P/c1-14(2,3)11-7-10(13(16)20(17,18)19)8-12(9-11)15(4,5)6/h7-9,17-19H,1-6H3/q+1. The van der Waals surface area contributed by atoms with Crippen LogP contribution < -0.4 is 0 Å². The van der Waals surface area contributed by atoms with Gasteiger partial charge < -0.3 is 0 Å². The molecule has 0 saturated carbocycles. The van der Waals surface area contributed by atoms with E-state index < -0.39 is 13.5 Å². The molecule has 0 saturated heterocycles. The molecule has 0 aliphatic heterocycles. The van der Waals surface area contributed by atoms with Gasteiger partial charge in [-0.3, -0.25) is 0 Å². The number of carbonyl (C=O) groups excluding carboxylic acids is 1. The summed E-state index contributed by atoms with van der Waals surface area (Å²) in [7, 11) is -4.51. The second-order valence-corrected chi connectivity index (χ2v) is 8.72. The molecule has 0 aliphatic rings. The lowest BCUT2D eigenvalue weighted by atomic mass is 9.80. The van der Waals surface area contributed by atoms with Gasteiger partial charge in [-0.15, -0.1) is 0 Å². The van der Waals surface area contributed by atoms with Gasteiger partial charge in [-0.25, -0.2) is 4.79 Å². The Balaban J connectivity index is 3.51. The van der Waals surface area contributed by atoms with E-state index in [-0.39, 0.29) is 16.4 Å². The lowest BCUT2D eigenvalue weighted by Crippen LogP contribution is -2.18. The largest absolute Gasteiger partial charge is 0.483 e. The highest BCUT2D eigenvalue weighted by Gasteiger charge is 2.44. The zero-order valence-electron chi connectivity index (χ0n) is 12.9. The Labute approximate surface area is 121 Å². The van der Waals surface area contributed by atoms with Crippen molar-refractivity contribution in [1.82, 2.24) is 0 Å². The third-order valence-corrected chi connectivity index (χ3v) is 3.99. The second kappa shape index (κ2) is 5.19. The average Bonchev–Trinajstić information content (AvgIpc) is 2.23. The summed E-state index contributed by atoms with van der Waals surface area (Å²) in [6.07, 6.45) is 0. The van der Waals surface area contributed by atoms with Crippen LogP contribution in [0.5, 0.6) is 0 Å². The van der Waals surface area contributed by atoms with Gasteiger partial charge in [0.25, 0.3) is 0 Å². The first-order valence-corrected chi connectivity index (χ1v) is 8.16. The second-order valence-electron chi connectivity index (χ2n) is 7.17. The topological polar surface area (TPSA) is 77.8 Å². The summed E-state index contributed by atoms with van der Waals surface area (Å²) in [4.78, 5) is 39.5. The van der Waals surface area contributed by atoms with Crippen molar-refractivity contribution in [2.45, 2.75) is 52.4 Å². The quantitative estimate of drug-likeness (QED) is 0.733. The van der Waals surface area contributed by atoms with Gasteiger partial charge >= 0.3 is 13.5 Å². The number of benzene rings is 1. The molecule has 1 aromatic rings.